The predicted molar refractivity (Wildman–Crippen MR) is 108 cm³/mol. The van der Waals surface area contributed by atoms with Crippen molar-refractivity contribution >= 4 is 29.9 Å². The summed E-state index contributed by atoms with van der Waals surface area (Å²) in [6.45, 7) is 3.99. The highest BCUT2D eigenvalue weighted by Crippen LogP contribution is 2.15. The Balaban J connectivity index is 0.00000208. The molecule has 1 aromatic rings. The van der Waals surface area contributed by atoms with Crippen LogP contribution in [-0.2, 0) is 19.4 Å². The Labute approximate surface area is 162 Å². The van der Waals surface area contributed by atoms with Crippen molar-refractivity contribution in [1.82, 2.24) is 19.7 Å². The highest BCUT2D eigenvalue weighted by Gasteiger charge is 2.14. The number of fused-ring (bicyclic) bond motifs is 1. The van der Waals surface area contributed by atoms with E-state index in [0.717, 1.165) is 57.2 Å². The smallest absolute Gasteiger partial charge is 0.191 e. The van der Waals surface area contributed by atoms with Crippen molar-refractivity contribution in [2.75, 3.05) is 19.6 Å². The third-order valence-electron chi connectivity index (χ3n) is 4.95. The zero-order valence-electron chi connectivity index (χ0n) is 14.6. The summed E-state index contributed by atoms with van der Waals surface area (Å²) >= 11 is 0. The SMILES string of the molecule is I.NC(=NCCCc1nnc2n1CCCCC2)N1CCCCCC1. The second-order valence-electron chi connectivity index (χ2n) is 6.74. The van der Waals surface area contributed by atoms with Crippen LogP contribution in [0.4, 0.5) is 0 Å². The van der Waals surface area contributed by atoms with Crippen molar-refractivity contribution in [3.05, 3.63) is 11.6 Å². The topological polar surface area (TPSA) is 72.3 Å². The first kappa shape index (κ1) is 19.5. The van der Waals surface area contributed by atoms with Crippen LogP contribution in [0.2, 0.25) is 0 Å². The average molecular weight is 446 g/mol. The molecule has 1 saturated heterocycles. The van der Waals surface area contributed by atoms with Crippen LogP contribution in [0.3, 0.4) is 0 Å². The molecule has 3 heterocycles. The maximum atomic E-state index is 6.15. The number of nitrogens with zero attached hydrogens (tertiary/aromatic N) is 5. The van der Waals surface area contributed by atoms with Crippen molar-refractivity contribution in [1.29, 1.82) is 0 Å². The van der Waals surface area contributed by atoms with Crippen LogP contribution < -0.4 is 5.73 Å². The van der Waals surface area contributed by atoms with E-state index in [1.165, 1.54) is 50.8 Å². The first-order valence-corrected chi connectivity index (χ1v) is 9.30. The van der Waals surface area contributed by atoms with Crippen LogP contribution in [-0.4, -0.2) is 45.3 Å². The minimum Gasteiger partial charge on any atom is -0.370 e. The summed E-state index contributed by atoms with van der Waals surface area (Å²) in [5, 5.41) is 8.74. The van der Waals surface area contributed by atoms with Gasteiger partial charge in [0, 0.05) is 39.0 Å². The minimum atomic E-state index is 0. The standard InChI is InChI=1S/C17H30N6.HI/c18-17(22-12-5-1-2-6-13-22)19-11-8-10-16-21-20-15-9-4-3-7-14-23(15)16;/h1-14H2,(H2,18,19);1H. The number of aryl methyl sites for hydroxylation is 2. The summed E-state index contributed by atoms with van der Waals surface area (Å²) in [6, 6.07) is 0. The van der Waals surface area contributed by atoms with Crippen molar-refractivity contribution < 1.29 is 0 Å². The molecule has 6 nitrogen and oxygen atoms in total. The maximum Gasteiger partial charge on any atom is 0.191 e. The molecule has 3 rings (SSSR count). The molecular formula is C17H31IN6. The molecule has 0 atom stereocenters. The van der Waals surface area contributed by atoms with Crippen LogP contribution in [0, 0.1) is 0 Å². The summed E-state index contributed by atoms with van der Waals surface area (Å²) in [5.41, 5.74) is 6.15. The highest BCUT2D eigenvalue weighted by atomic mass is 127. The Kier molecular flexibility index (Phi) is 8.28. The molecule has 0 aromatic carbocycles. The van der Waals surface area contributed by atoms with E-state index in [0.29, 0.717) is 0 Å². The van der Waals surface area contributed by atoms with E-state index in [1.807, 2.05) is 0 Å². The van der Waals surface area contributed by atoms with Crippen molar-refractivity contribution in [2.24, 2.45) is 10.7 Å². The number of hydrogen-bond donors (Lipinski definition) is 1. The fraction of sp³-hybridized carbons (Fsp3) is 0.824. The monoisotopic (exact) mass is 446 g/mol. The van der Waals surface area contributed by atoms with Crippen LogP contribution in [0.25, 0.3) is 0 Å². The molecular weight excluding hydrogens is 415 g/mol. The van der Waals surface area contributed by atoms with Crippen molar-refractivity contribution in [3.63, 3.8) is 0 Å². The largest absolute Gasteiger partial charge is 0.370 e. The third kappa shape index (κ3) is 5.32. The Morgan fingerprint density at radius 1 is 0.958 bits per heavy atom. The van der Waals surface area contributed by atoms with Crippen LogP contribution >= 0.6 is 24.0 Å². The van der Waals surface area contributed by atoms with Gasteiger partial charge in [-0.2, -0.15) is 0 Å². The number of guanidine groups is 1. The predicted octanol–water partition coefficient (Wildman–Crippen LogP) is 2.75. The molecule has 2 aliphatic heterocycles. The van der Waals surface area contributed by atoms with Gasteiger partial charge in [-0.15, -0.1) is 34.2 Å². The molecule has 0 bridgehead atoms. The normalized spacial score (nSPS) is 19.2. The third-order valence-corrected chi connectivity index (χ3v) is 4.95. The summed E-state index contributed by atoms with van der Waals surface area (Å²) in [7, 11) is 0. The number of halogens is 1. The van der Waals surface area contributed by atoms with Gasteiger partial charge in [0.2, 0.25) is 0 Å². The van der Waals surface area contributed by atoms with Gasteiger partial charge >= 0.3 is 0 Å². The first-order valence-electron chi connectivity index (χ1n) is 9.30. The average Bonchev–Trinajstić information content (AvgIpc) is 2.80. The van der Waals surface area contributed by atoms with E-state index in [1.54, 1.807) is 0 Å². The zero-order chi connectivity index (χ0) is 15.9. The lowest BCUT2D eigenvalue weighted by molar-refractivity contribution is 0.428. The fourth-order valence-corrected chi connectivity index (χ4v) is 3.56. The number of aromatic nitrogens is 3. The molecule has 2 N–H and O–H groups in total. The van der Waals surface area contributed by atoms with Crippen LogP contribution in [0.5, 0.6) is 0 Å². The lowest BCUT2D eigenvalue weighted by atomic mass is 10.2. The van der Waals surface area contributed by atoms with Gasteiger partial charge < -0.3 is 15.2 Å². The molecule has 136 valence electrons. The highest BCUT2D eigenvalue weighted by molar-refractivity contribution is 14.0. The molecule has 7 heteroatoms. The molecule has 0 radical (unpaired) electrons. The molecule has 0 saturated carbocycles. The number of likely N-dealkylation sites (tertiary alicyclic amines) is 1. The molecule has 0 unspecified atom stereocenters. The van der Waals surface area contributed by atoms with Crippen molar-refractivity contribution in [2.45, 2.75) is 70.8 Å². The molecule has 1 aromatic heterocycles. The minimum absolute atomic E-state index is 0. The Bertz CT molecular complexity index is 519. The Hall–Kier alpha value is -0.860. The Morgan fingerprint density at radius 3 is 2.46 bits per heavy atom. The summed E-state index contributed by atoms with van der Waals surface area (Å²) in [6.07, 6.45) is 11.9. The van der Waals surface area contributed by atoms with E-state index >= 15 is 0 Å². The van der Waals surface area contributed by atoms with Gasteiger partial charge in [0.25, 0.3) is 0 Å². The Morgan fingerprint density at radius 2 is 1.67 bits per heavy atom. The quantitative estimate of drug-likeness (QED) is 0.334. The first-order chi connectivity index (χ1) is 11.3. The van der Waals surface area contributed by atoms with Gasteiger partial charge in [0.05, 0.1) is 0 Å². The molecule has 0 spiro atoms. The van der Waals surface area contributed by atoms with Gasteiger partial charge in [-0.3, -0.25) is 4.99 Å². The lowest BCUT2D eigenvalue weighted by Crippen LogP contribution is -2.38. The van der Waals surface area contributed by atoms with Crippen molar-refractivity contribution in [3.8, 4) is 0 Å². The molecule has 1 fully saturated rings. The van der Waals surface area contributed by atoms with Gasteiger partial charge in [0.1, 0.15) is 11.6 Å². The number of hydrogen-bond acceptors (Lipinski definition) is 3. The van der Waals surface area contributed by atoms with Gasteiger partial charge in [-0.1, -0.05) is 19.3 Å². The van der Waals surface area contributed by atoms with E-state index < -0.39 is 0 Å². The number of rotatable bonds is 4. The zero-order valence-corrected chi connectivity index (χ0v) is 17.0. The number of nitrogens with two attached hydrogens (primary N) is 1. The van der Waals surface area contributed by atoms with E-state index in [9.17, 15) is 0 Å². The molecule has 0 aliphatic carbocycles. The fourth-order valence-electron chi connectivity index (χ4n) is 3.56. The molecule has 0 amide bonds. The second kappa shape index (κ2) is 10.2. The number of aliphatic imine (C=N–C) groups is 1. The summed E-state index contributed by atoms with van der Waals surface area (Å²) in [4.78, 5) is 6.83. The van der Waals surface area contributed by atoms with Gasteiger partial charge in [-0.25, -0.2) is 0 Å². The van der Waals surface area contributed by atoms with Crippen LogP contribution in [0.1, 0.15) is 63.0 Å². The van der Waals surface area contributed by atoms with Crippen LogP contribution in [0.15, 0.2) is 4.99 Å². The van der Waals surface area contributed by atoms with E-state index in [-0.39, 0.29) is 24.0 Å². The summed E-state index contributed by atoms with van der Waals surface area (Å²) in [5.74, 6) is 3.03. The van der Waals surface area contributed by atoms with E-state index in [4.69, 9.17) is 5.73 Å². The lowest BCUT2D eigenvalue weighted by Gasteiger charge is -2.21. The maximum absolute atomic E-state index is 6.15. The summed E-state index contributed by atoms with van der Waals surface area (Å²) < 4.78 is 2.33. The van der Waals surface area contributed by atoms with Gasteiger partial charge in [-0.05, 0) is 32.1 Å². The molecule has 24 heavy (non-hydrogen) atoms. The van der Waals surface area contributed by atoms with Gasteiger partial charge in [0.15, 0.2) is 5.96 Å². The second-order valence-corrected chi connectivity index (χ2v) is 6.74. The van der Waals surface area contributed by atoms with E-state index in [2.05, 4.69) is 24.7 Å². The molecule has 2 aliphatic rings.